The first-order valence-electron chi connectivity index (χ1n) is 8.54. The van der Waals surface area contributed by atoms with Crippen molar-refractivity contribution in [1.82, 2.24) is 20.3 Å². The number of fused-ring (bicyclic) bond motifs is 1. The molecule has 1 aliphatic heterocycles. The van der Waals surface area contributed by atoms with Crippen LogP contribution >= 0.6 is 0 Å². The van der Waals surface area contributed by atoms with Crippen molar-refractivity contribution < 1.29 is 4.74 Å². The fraction of sp³-hybridized carbons (Fsp3) is 0.316. The summed E-state index contributed by atoms with van der Waals surface area (Å²) >= 11 is 0. The Hall–Kier alpha value is -2.57. The molecule has 0 unspecified atom stereocenters. The van der Waals surface area contributed by atoms with Crippen LogP contribution in [0.3, 0.4) is 0 Å². The summed E-state index contributed by atoms with van der Waals surface area (Å²) in [5.74, 6) is 1.63. The molecule has 6 nitrogen and oxygen atoms in total. The number of benzene rings is 1. The van der Waals surface area contributed by atoms with Crippen molar-refractivity contribution in [2.24, 2.45) is 0 Å². The van der Waals surface area contributed by atoms with Crippen molar-refractivity contribution in [2.45, 2.75) is 6.54 Å². The average Bonchev–Trinajstić information content (AvgIpc) is 2.68. The second-order valence-electron chi connectivity index (χ2n) is 6.08. The smallest absolute Gasteiger partial charge is 0.162 e. The summed E-state index contributed by atoms with van der Waals surface area (Å²) in [5, 5.41) is 3.16. The van der Waals surface area contributed by atoms with Crippen molar-refractivity contribution in [3.63, 3.8) is 0 Å². The maximum atomic E-state index is 5.49. The Morgan fingerprint density at radius 2 is 1.92 bits per heavy atom. The van der Waals surface area contributed by atoms with E-state index < -0.39 is 0 Å². The van der Waals surface area contributed by atoms with E-state index in [1.54, 1.807) is 0 Å². The van der Waals surface area contributed by atoms with E-state index in [9.17, 15) is 0 Å². The second-order valence-corrected chi connectivity index (χ2v) is 6.08. The van der Waals surface area contributed by atoms with Gasteiger partial charge in [-0.2, -0.15) is 0 Å². The first-order valence-corrected chi connectivity index (χ1v) is 8.54. The number of ether oxygens (including phenoxy) is 1. The number of nitrogens with zero attached hydrogens (tertiary/aromatic N) is 4. The average molecular weight is 335 g/mol. The number of hydrogen-bond donors (Lipinski definition) is 1. The number of nitrogens with one attached hydrogen (secondary N) is 1. The molecule has 6 heteroatoms. The molecule has 2 aromatic heterocycles. The van der Waals surface area contributed by atoms with E-state index >= 15 is 0 Å². The van der Waals surface area contributed by atoms with Crippen LogP contribution in [-0.2, 0) is 11.3 Å². The molecule has 3 aromatic rings. The van der Waals surface area contributed by atoms with Gasteiger partial charge in [-0.15, -0.1) is 0 Å². The minimum atomic E-state index is 0.712. The van der Waals surface area contributed by atoms with Gasteiger partial charge in [0.05, 0.1) is 18.7 Å². The molecule has 3 heterocycles. The molecule has 0 saturated carbocycles. The van der Waals surface area contributed by atoms with Gasteiger partial charge in [-0.1, -0.05) is 30.3 Å². The molecule has 128 valence electrons. The third-order valence-electron chi connectivity index (χ3n) is 4.30. The van der Waals surface area contributed by atoms with E-state index in [2.05, 4.69) is 21.3 Å². The molecule has 0 amide bonds. The highest BCUT2D eigenvalue weighted by atomic mass is 16.5. The van der Waals surface area contributed by atoms with Gasteiger partial charge in [0.2, 0.25) is 0 Å². The zero-order chi connectivity index (χ0) is 17.1. The minimum absolute atomic E-state index is 0.712. The van der Waals surface area contributed by atoms with Crippen LogP contribution < -0.4 is 10.2 Å². The van der Waals surface area contributed by atoms with Crippen LogP contribution in [0, 0.1) is 0 Å². The monoisotopic (exact) mass is 335 g/mol. The molecule has 1 aliphatic rings. The van der Waals surface area contributed by atoms with E-state index in [4.69, 9.17) is 14.7 Å². The lowest BCUT2D eigenvalue weighted by Gasteiger charge is -2.28. The highest BCUT2D eigenvalue weighted by Crippen LogP contribution is 2.27. The van der Waals surface area contributed by atoms with Crippen LogP contribution in [0.1, 0.15) is 5.56 Å². The van der Waals surface area contributed by atoms with Crippen LogP contribution in [-0.4, -0.2) is 48.3 Å². The molecule has 1 N–H and O–H groups in total. The van der Waals surface area contributed by atoms with Crippen molar-refractivity contribution in [3.05, 3.63) is 48.2 Å². The van der Waals surface area contributed by atoms with Gasteiger partial charge in [-0.05, 0) is 18.7 Å². The van der Waals surface area contributed by atoms with Gasteiger partial charge in [0.25, 0.3) is 0 Å². The Balaban J connectivity index is 1.87. The van der Waals surface area contributed by atoms with Crippen LogP contribution in [0.4, 0.5) is 5.82 Å². The Kier molecular flexibility index (Phi) is 4.54. The third kappa shape index (κ3) is 3.31. The lowest BCUT2D eigenvalue weighted by atomic mass is 10.2. The molecule has 4 rings (SSSR count). The van der Waals surface area contributed by atoms with Crippen molar-refractivity contribution in [1.29, 1.82) is 0 Å². The molecule has 0 atom stereocenters. The first-order chi connectivity index (χ1) is 12.3. The van der Waals surface area contributed by atoms with E-state index in [-0.39, 0.29) is 0 Å². The normalized spacial score (nSPS) is 14.8. The predicted molar refractivity (Wildman–Crippen MR) is 98.6 cm³/mol. The number of morpholine rings is 1. The minimum Gasteiger partial charge on any atom is -0.378 e. The molecule has 0 spiro atoms. The topological polar surface area (TPSA) is 63.2 Å². The summed E-state index contributed by atoms with van der Waals surface area (Å²) in [4.78, 5) is 16.5. The van der Waals surface area contributed by atoms with Crippen LogP contribution in [0.15, 0.2) is 42.6 Å². The maximum absolute atomic E-state index is 5.49. The van der Waals surface area contributed by atoms with Gasteiger partial charge < -0.3 is 15.0 Å². The number of hydrogen-bond acceptors (Lipinski definition) is 6. The lowest BCUT2D eigenvalue weighted by Crippen LogP contribution is -2.37. The fourth-order valence-electron chi connectivity index (χ4n) is 3.06. The van der Waals surface area contributed by atoms with E-state index in [1.807, 2.05) is 43.6 Å². The summed E-state index contributed by atoms with van der Waals surface area (Å²) in [5.41, 5.74) is 3.85. The van der Waals surface area contributed by atoms with E-state index in [0.29, 0.717) is 13.2 Å². The van der Waals surface area contributed by atoms with Gasteiger partial charge in [0.15, 0.2) is 11.6 Å². The summed E-state index contributed by atoms with van der Waals surface area (Å²) in [7, 11) is 1.93. The zero-order valence-electron chi connectivity index (χ0n) is 14.3. The number of anilines is 1. The molecule has 25 heavy (non-hydrogen) atoms. The van der Waals surface area contributed by atoms with Crippen molar-refractivity contribution >= 4 is 16.9 Å². The Labute approximate surface area is 146 Å². The maximum Gasteiger partial charge on any atom is 0.162 e. The molecule has 0 radical (unpaired) electrons. The highest BCUT2D eigenvalue weighted by molar-refractivity contribution is 5.87. The first kappa shape index (κ1) is 15.9. The summed E-state index contributed by atoms with van der Waals surface area (Å²) < 4.78 is 5.49. The van der Waals surface area contributed by atoms with Gasteiger partial charge in [0, 0.05) is 31.4 Å². The van der Waals surface area contributed by atoms with E-state index in [0.717, 1.165) is 53.4 Å². The Morgan fingerprint density at radius 3 is 2.68 bits per heavy atom. The standard InChI is InChI=1S/C19H21N5O/c1-20-12-14-11-16-17(21-13-14)19(24-7-9-25-10-8-24)23-18(22-16)15-5-3-2-4-6-15/h2-6,11,13,20H,7-10,12H2,1H3. The second kappa shape index (κ2) is 7.13. The van der Waals surface area contributed by atoms with Gasteiger partial charge >= 0.3 is 0 Å². The van der Waals surface area contributed by atoms with Crippen molar-refractivity contribution in [3.8, 4) is 11.4 Å². The van der Waals surface area contributed by atoms with Crippen LogP contribution in [0.5, 0.6) is 0 Å². The molecule has 0 bridgehead atoms. The summed E-state index contributed by atoms with van der Waals surface area (Å²) in [6, 6.07) is 12.2. The van der Waals surface area contributed by atoms with Crippen LogP contribution in [0.2, 0.25) is 0 Å². The fourth-order valence-corrected chi connectivity index (χ4v) is 3.06. The van der Waals surface area contributed by atoms with Gasteiger partial charge in [-0.25, -0.2) is 9.97 Å². The molecule has 1 saturated heterocycles. The zero-order valence-corrected chi connectivity index (χ0v) is 14.3. The summed E-state index contributed by atoms with van der Waals surface area (Å²) in [6.07, 6.45) is 1.90. The third-order valence-corrected chi connectivity index (χ3v) is 4.30. The Bertz CT molecular complexity index is 862. The van der Waals surface area contributed by atoms with Crippen LogP contribution in [0.25, 0.3) is 22.4 Å². The van der Waals surface area contributed by atoms with Gasteiger partial charge in [-0.3, -0.25) is 4.98 Å². The predicted octanol–water partition coefficient (Wildman–Crippen LogP) is 2.25. The highest BCUT2D eigenvalue weighted by Gasteiger charge is 2.19. The SMILES string of the molecule is CNCc1cnc2c(N3CCOCC3)nc(-c3ccccc3)nc2c1. The molecule has 1 aromatic carbocycles. The molecule has 1 fully saturated rings. The Morgan fingerprint density at radius 1 is 1.12 bits per heavy atom. The van der Waals surface area contributed by atoms with Crippen molar-refractivity contribution in [2.75, 3.05) is 38.3 Å². The number of pyridine rings is 1. The lowest BCUT2D eigenvalue weighted by molar-refractivity contribution is 0.122. The summed E-state index contributed by atoms with van der Waals surface area (Å²) in [6.45, 7) is 3.83. The molecular weight excluding hydrogens is 314 g/mol. The largest absolute Gasteiger partial charge is 0.378 e. The quantitative estimate of drug-likeness (QED) is 0.789. The molecular formula is C19H21N5O. The van der Waals surface area contributed by atoms with E-state index in [1.165, 1.54) is 0 Å². The number of rotatable bonds is 4. The molecule has 0 aliphatic carbocycles. The number of aromatic nitrogens is 3. The van der Waals surface area contributed by atoms with Gasteiger partial charge in [0.1, 0.15) is 5.52 Å².